The van der Waals surface area contributed by atoms with Gasteiger partial charge in [0.15, 0.2) is 0 Å². The van der Waals surface area contributed by atoms with E-state index in [0.717, 1.165) is 11.3 Å². The van der Waals surface area contributed by atoms with Crippen LogP contribution in [0.1, 0.15) is 21.6 Å². The highest BCUT2D eigenvalue weighted by Gasteiger charge is 2.09. The molecular weight excluding hydrogens is 268 g/mol. The number of rotatable bonds is 7. The number of carbonyl (C=O) groups is 1. The molecule has 5 nitrogen and oxygen atoms in total. The van der Waals surface area contributed by atoms with Crippen molar-refractivity contribution in [3.8, 4) is 5.75 Å². The molecule has 0 spiro atoms. The minimum Gasteiger partial charge on any atom is -0.491 e. The molecule has 110 valence electrons. The molecule has 1 aromatic heterocycles. The van der Waals surface area contributed by atoms with Crippen molar-refractivity contribution in [2.75, 3.05) is 13.2 Å². The van der Waals surface area contributed by atoms with E-state index in [2.05, 4.69) is 10.3 Å². The first kappa shape index (κ1) is 15.0. The van der Waals surface area contributed by atoms with E-state index in [1.807, 2.05) is 25.3 Å². The lowest BCUT2D eigenvalue weighted by molar-refractivity contribution is 0.0692. The van der Waals surface area contributed by atoms with E-state index >= 15 is 0 Å². The number of carboxylic acid groups (broad SMARTS) is 1. The molecule has 0 amide bonds. The van der Waals surface area contributed by atoms with E-state index in [0.29, 0.717) is 25.4 Å². The highest BCUT2D eigenvalue weighted by molar-refractivity contribution is 5.90. The molecule has 0 aliphatic rings. The fourth-order valence-electron chi connectivity index (χ4n) is 1.84. The summed E-state index contributed by atoms with van der Waals surface area (Å²) in [7, 11) is 0. The summed E-state index contributed by atoms with van der Waals surface area (Å²) in [6.07, 6.45) is 1.84. The van der Waals surface area contributed by atoms with Crippen LogP contribution < -0.4 is 10.1 Å². The average molecular weight is 286 g/mol. The molecule has 5 heteroatoms. The number of pyridine rings is 1. The Morgan fingerprint density at radius 2 is 2.10 bits per heavy atom. The lowest BCUT2D eigenvalue weighted by Gasteiger charge is -2.09. The molecular formula is C16H18N2O3. The summed E-state index contributed by atoms with van der Waals surface area (Å²) in [5.41, 5.74) is 2.28. The van der Waals surface area contributed by atoms with Crippen LogP contribution in [0.3, 0.4) is 0 Å². The van der Waals surface area contributed by atoms with Gasteiger partial charge in [-0.15, -0.1) is 0 Å². The third-order valence-corrected chi connectivity index (χ3v) is 2.96. The third-order valence-electron chi connectivity index (χ3n) is 2.96. The Hall–Kier alpha value is -2.40. The van der Waals surface area contributed by atoms with Gasteiger partial charge in [-0.2, -0.15) is 0 Å². The van der Waals surface area contributed by atoms with E-state index in [1.165, 1.54) is 6.07 Å². The van der Waals surface area contributed by atoms with Crippen molar-refractivity contribution in [1.82, 2.24) is 10.3 Å². The summed E-state index contributed by atoms with van der Waals surface area (Å²) in [6.45, 7) is 3.69. The predicted molar refractivity (Wildman–Crippen MR) is 79.6 cm³/mol. The highest BCUT2D eigenvalue weighted by Crippen LogP contribution is 2.17. The van der Waals surface area contributed by atoms with Crippen molar-refractivity contribution < 1.29 is 14.6 Å². The Kier molecular flexibility index (Phi) is 5.29. The summed E-state index contributed by atoms with van der Waals surface area (Å²) in [6, 6.07) is 10.6. The molecule has 1 heterocycles. The zero-order chi connectivity index (χ0) is 15.1. The Labute approximate surface area is 123 Å². The molecule has 0 unspecified atom stereocenters. The first-order valence-corrected chi connectivity index (χ1v) is 6.74. The van der Waals surface area contributed by atoms with E-state index in [9.17, 15) is 4.79 Å². The van der Waals surface area contributed by atoms with Gasteiger partial charge in [0.2, 0.25) is 0 Å². The Balaban J connectivity index is 1.75. The van der Waals surface area contributed by atoms with Gasteiger partial charge in [-0.25, -0.2) is 4.79 Å². The van der Waals surface area contributed by atoms with Crippen molar-refractivity contribution in [1.29, 1.82) is 0 Å². The molecule has 1 aromatic carbocycles. The van der Waals surface area contributed by atoms with E-state index in [1.54, 1.807) is 18.2 Å². The van der Waals surface area contributed by atoms with Crippen LogP contribution in [0.5, 0.6) is 5.75 Å². The molecule has 0 saturated carbocycles. The van der Waals surface area contributed by atoms with Crippen LogP contribution in [-0.4, -0.2) is 29.2 Å². The number of carboxylic acids is 1. The number of para-hydroxylation sites is 1. The summed E-state index contributed by atoms with van der Waals surface area (Å²) < 4.78 is 5.50. The quantitative estimate of drug-likeness (QED) is 0.764. The second-order valence-corrected chi connectivity index (χ2v) is 4.63. The van der Waals surface area contributed by atoms with E-state index in [4.69, 9.17) is 9.84 Å². The Bertz CT molecular complexity index is 597. The van der Waals surface area contributed by atoms with Gasteiger partial charge in [0.05, 0.1) is 0 Å². The van der Waals surface area contributed by atoms with Crippen LogP contribution in [0.4, 0.5) is 0 Å². The molecule has 2 N–H and O–H groups in total. The van der Waals surface area contributed by atoms with Crippen LogP contribution >= 0.6 is 0 Å². The maximum Gasteiger partial charge on any atom is 0.339 e. The fraction of sp³-hybridized carbons (Fsp3) is 0.250. The molecule has 0 fully saturated rings. The number of benzene rings is 1. The Morgan fingerprint density at radius 1 is 1.29 bits per heavy atom. The number of nitrogens with zero attached hydrogens (tertiary/aromatic N) is 1. The molecule has 0 aliphatic carbocycles. The Morgan fingerprint density at radius 3 is 2.81 bits per heavy atom. The maximum atomic E-state index is 11.0. The molecule has 21 heavy (non-hydrogen) atoms. The van der Waals surface area contributed by atoms with Gasteiger partial charge in [0.25, 0.3) is 0 Å². The van der Waals surface area contributed by atoms with Crippen LogP contribution in [-0.2, 0) is 6.54 Å². The summed E-state index contributed by atoms with van der Waals surface area (Å²) in [5, 5.41) is 12.3. The number of ether oxygens (including phenoxy) is 1. The van der Waals surface area contributed by atoms with Crippen molar-refractivity contribution in [3.63, 3.8) is 0 Å². The smallest absolute Gasteiger partial charge is 0.339 e. The van der Waals surface area contributed by atoms with E-state index in [-0.39, 0.29) is 5.56 Å². The number of aryl methyl sites for hydroxylation is 1. The number of aromatic nitrogens is 1. The van der Waals surface area contributed by atoms with Gasteiger partial charge in [0, 0.05) is 25.0 Å². The van der Waals surface area contributed by atoms with Gasteiger partial charge in [-0.3, -0.25) is 4.98 Å². The van der Waals surface area contributed by atoms with Crippen molar-refractivity contribution in [3.05, 3.63) is 59.4 Å². The monoisotopic (exact) mass is 286 g/mol. The van der Waals surface area contributed by atoms with Crippen molar-refractivity contribution in [2.24, 2.45) is 0 Å². The minimum absolute atomic E-state index is 0.181. The standard InChI is InChI=1S/C16H18N2O3/c1-12-6-7-13(11-18-12)10-17-8-9-21-15-5-3-2-4-14(15)16(19)20/h2-7,11,17H,8-10H2,1H3,(H,19,20). The number of hydrogen-bond donors (Lipinski definition) is 2. The molecule has 2 rings (SSSR count). The zero-order valence-corrected chi connectivity index (χ0v) is 11.9. The first-order chi connectivity index (χ1) is 10.2. The molecule has 0 atom stereocenters. The third kappa shape index (κ3) is 4.57. The van der Waals surface area contributed by atoms with Crippen LogP contribution in [0.15, 0.2) is 42.6 Å². The fourth-order valence-corrected chi connectivity index (χ4v) is 1.84. The molecule has 0 aliphatic heterocycles. The number of aromatic carboxylic acids is 1. The first-order valence-electron chi connectivity index (χ1n) is 6.74. The second-order valence-electron chi connectivity index (χ2n) is 4.63. The van der Waals surface area contributed by atoms with Crippen LogP contribution in [0.2, 0.25) is 0 Å². The van der Waals surface area contributed by atoms with Gasteiger partial charge in [-0.05, 0) is 30.7 Å². The molecule has 0 bridgehead atoms. The van der Waals surface area contributed by atoms with Gasteiger partial charge >= 0.3 is 5.97 Å². The summed E-state index contributed by atoms with van der Waals surface area (Å²) >= 11 is 0. The van der Waals surface area contributed by atoms with Gasteiger partial charge < -0.3 is 15.2 Å². The molecule has 0 saturated heterocycles. The molecule has 0 radical (unpaired) electrons. The second kappa shape index (κ2) is 7.40. The lowest BCUT2D eigenvalue weighted by Crippen LogP contribution is -2.21. The van der Waals surface area contributed by atoms with Crippen molar-refractivity contribution in [2.45, 2.75) is 13.5 Å². The van der Waals surface area contributed by atoms with Crippen molar-refractivity contribution >= 4 is 5.97 Å². The van der Waals surface area contributed by atoms with E-state index < -0.39 is 5.97 Å². The highest BCUT2D eigenvalue weighted by atomic mass is 16.5. The SMILES string of the molecule is Cc1ccc(CNCCOc2ccccc2C(=O)O)cn1. The zero-order valence-electron chi connectivity index (χ0n) is 11.9. The summed E-state index contributed by atoms with van der Waals surface area (Å²) in [4.78, 5) is 15.2. The minimum atomic E-state index is -0.982. The number of hydrogen-bond acceptors (Lipinski definition) is 4. The summed E-state index contributed by atoms with van der Waals surface area (Å²) in [5.74, 6) is -0.590. The van der Waals surface area contributed by atoms with Crippen LogP contribution in [0.25, 0.3) is 0 Å². The number of nitrogens with one attached hydrogen (secondary N) is 1. The molecule has 2 aromatic rings. The maximum absolute atomic E-state index is 11.0. The normalized spacial score (nSPS) is 10.3. The largest absolute Gasteiger partial charge is 0.491 e. The average Bonchev–Trinajstić information content (AvgIpc) is 2.49. The lowest BCUT2D eigenvalue weighted by atomic mass is 10.2. The predicted octanol–water partition coefficient (Wildman–Crippen LogP) is 2.26. The topological polar surface area (TPSA) is 71.5 Å². The van der Waals surface area contributed by atoms with Gasteiger partial charge in [0.1, 0.15) is 17.9 Å². The van der Waals surface area contributed by atoms with Gasteiger partial charge in [-0.1, -0.05) is 18.2 Å². The van der Waals surface area contributed by atoms with Crippen LogP contribution in [0, 0.1) is 6.92 Å².